The molecule has 0 aromatic heterocycles. The molecule has 0 radical (unpaired) electrons. The summed E-state index contributed by atoms with van der Waals surface area (Å²) in [5.41, 5.74) is 1.33. The smallest absolute Gasteiger partial charge is 0.0671 e. The van der Waals surface area contributed by atoms with Gasteiger partial charge in [0.25, 0.3) is 0 Å². The summed E-state index contributed by atoms with van der Waals surface area (Å²) in [6.45, 7) is 4.24. The lowest BCUT2D eigenvalue weighted by atomic mass is 9.97. The fourth-order valence-electron chi connectivity index (χ4n) is 1.76. The lowest BCUT2D eigenvalue weighted by Gasteiger charge is -2.20. The Kier molecular flexibility index (Phi) is 5.13. The molecule has 0 spiro atoms. The van der Waals surface area contributed by atoms with E-state index >= 15 is 0 Å². The standard InChI is InChI=1S/C14H20O/c1-4-8-12(2)14(15-3)11-13-9-6-5-7-10-13/h4-10,12,14H,11H2,1-3H3/t12-,14-/m1/s1. The highest BCUT2D eigenvalue weighted by molar-refractivity contribution is 5.16. The molecular weight excluding hydrogens is 184 g/mol. The second-order valence-corrected chi connectivity index (χ2v) is 3.85. The van der Waals surface area contributed by atoms with Crippen LogP contribution in [0.4, 0.5) is 0 Å². The highest BCUT2D eigenvalue weighted by Gasteiger charge is 2.14. The molecule has 1 aromatic carbocycles. The van der Waals surface area contributed by atoms with Crippen molar-refractivity contribution in [3.05, 3.63) is 48.0 Å². The average molecular weight is 204 g/mol. The van der Waals surface area contributed by atoms with Crippen molar-refractivity contribution in [3.63, 3.8) is 0 Å². The summed E-state index contributed by atoms with van der Waals surface area (Å²) in [5, 5.41) is 0. The minimum Gasteiger partial charge on any atom is -0.381 e. The first-order valence-electron chi connectivity index (χ1n) is 5.47. The minimum atomic E-state index is 0.267. The number of methoxy groups -OCH3 is 1. The van der Waals surface area contributed by atoms with E-state index in [-0.39, 0.29) is 6.10 Å². The van der Waals surface area contributed by atoms with Crippen LogP contribution in [0.1, 0.15) is 19.4 Å². The van der Waals surface area contributed by atoms with Gasteiger partial charge < -0.3 is 4.74 Å². The van der Waals surface area contributed by atoms with E-state index in [0.717, 1.165) is 6.42 Å². The van der Waals surface area contributed by atoms with Gasteiger partial charge in [0.2, 0.25) is 0 Å². The van der Waals surface area contributed by atoms with E-state index in [1.807, 2.05) is 13.0 Å². The van der Waals surface area contributed by atoms with Crippen LogP contribution < -0.4 is 0 Å². The number of ether oxygens (including phenoxy) is 1. The molecule has 0 aliphatic carbocycles. The van der Waals surface area contributed by atoms with E-state index in [4.69, 9.17) is 4.74 Å². The van der Waals surface area contributed by atoms with Crippen LogP contribution in [0.25, 0.3) is 0 Å². The Bertz CT molecular complexity index is 289. The molecule has 15 heavy (non-hydrogen) atoms. The van der Waals surface area contributed by atoms with Crippen molar-refractivity contribution in [1.29, 1.82) is 0 Å². The van der Waals surface area contributed by atoms with Gasteiger partial charge in [-0.2, -0.15) is 0 Å². The first-order chi connectivity index (χ1) is 7.27. The van der Waals surface area contributed by atoms with Gasteiger partial charge in [-0.15, -0.1) is 0 Å². The first-order valence-corrected chi connectivity index (χ1v) is 5.47. The Morgan fingerprint density at radius 2 is 1.93 bits per heavy atom. The Morgan fingerprint density at radius 1 is 1.27 bits per heavy atom. The average Bonchev–Trinajstić information content (AvgIpc) is 2.27. The van der Waals surface area contributed by atoms with Gasteiger partial charge in [0.05, 0.1) is 6.10 Å². The highest BCUT2D eigenvalue weighted by atomic mass is 16.5. The summed E-state index contributed by atoms with van der Waals surface area (Å²) < 4.78 is 5.52. The molecule has 0 aliphatic heterocycles. The Balaban J connectivity index is 2.61. The van der Waals surface area contributed by atoms with Crippen molar-refractivity contribution in [2.75, 3.05) is 7.11 Å². The number of hydrogen-bond acceptors (Lipinski definition) is 1. The van der Waals surface area contributed by atoms with Crippen molar-refractivity contribution in [1.82, 2.24) is 0 Å². The number of benzene rings is 1. The van der Waals surface area contributed by atoms with Crippen LogP contribution in [-0.4, -0.2) is 13.2 Å². The quantitative estimate of drug-likeness (QED) is 0.667. The molecule has 1 aromatic rings. The largest absolute Gasteiger partial charge is 0.381 e. The monoisotopic (exact) mass is 204 g/mol. The molecule has 0 amide bonds. The number of hydrogen-bond donors (Lipinski definition) is 0. The lowest BCUT2D eigenvalue weighted by Crippen LogP contribution is -2.21. The van der Waals surface area contributed by atoms with Crippen molar-refractivity contribution >= 4 is 0 Å². The summed E-state index contributed by atoms with van der Waals surface area (Å²) in [5.74, 6) is 0.459. The van der Waals surface area contributed by atoms with E-state index in [9.17, 15) is 0 Å². The molecule has 1 nitrogen and oxygen atoms in total. The zero-order valence-electron chi connectivity index (χ0n) is 9.81. The van der Waals surface area contributed by atoms with E-state index in [2.05, 4.69) is 43.3 Å². The first kappa shape index (κ1) is 12.0. The maximum atomic E-state index is 5.52. The van der Waals surface area contributed by atoms with Gasteiger partial charge in [-0.3, -0.25) is 0 Å². The Labute approximate surface area is 92.8 Å². The van der Waals surface area contributed by atoms with E-state index in [0.29, 0.717) is 5.92 Å². The molecule has 0 fully saturated rings. The van der Waals surface area contributed by atoms with Crippen LogP contribution in [0.3, 0.4) is 0 Å². The van der Waals surface area contributed by atoms with Gasteiger partial charge in [0, 0.05) is 13.0 Å². The molecule has 1 heteroatoms. The van der Waals surface area contributed by atoms with Gasteiger partial charge in [-0.1, -0.05) is 49.4 Å². The lowest BCUT2D eigenvalue weighted by molar-refractivity contribution is 0.0746. The van der Waals surface area contributed by atoms with Crippen LogP contribution in [0.15, 0.2) is 42.5 Å². The highest BCUT2D eigenvalue weighted by Crippen LogP contribution is 2.14. The molecular formula is C14H20O. The minimum absolute atomic E-state index is 0.267. The number of rotatable bonds is 5. The van der Waals surface area contributed by atoms with Gasteiger partial charge in [0.1, 0.15) is 0 Å². The Hall–Kier alpha value is -1.08. The second kappa shape index (κ2) is 6.41. The third kappa shape index (κ3) is 3.88. The summed E-state index contributed by atoms with van der Waals surface area (Å²) in [7, 11) is 1.79. The van der Waals surface area contributed by atoms with Crippen LogP contribution in [0.2, 0.25) is 0 Å². The zero-order chi connectivity index (χ0) is 11.1. The second-order valence-electron chi connectivity index (χ2n) is 3.85. The SMILES string of the molecule is CC=C[C@@H](C)[C@@H](Cc1ccccc1)OC. The summed E-state index contributed by atoms with van der Waals surface area (Å²) in [4.78, 5) is 0. The van der Waals surface area contributed by atoms with E-state index in [1.54, 1.807) is 7.11 Å². The van der Waals surface area contributed by atoms with Crippen LogP contribution in [0.5, 0.6) is 0 Å². The molecule has 0 saturated heterocycles. The van der Waals surface area contributed by atoms with E-state index < -0.39 is 0 Å². The fourth-order valence-corrected chi connectivity index (χ4v) is 1.76. The van der Waals surface area contributed by atoms with Crippen LogP contribution >= 0.6 is 0 Å². The molecule has 0 aliphatic rings. The van der Waals surface area contributed by atoms with Crippen molar-refractivity contribution < 1.29 is 4.74 Å². The van der Waals surface area contributed by atoms with Crippen LogP contribution in [-0.2, 0) is 11.2 Å². The maximum absolute atomic E-state index is 5.52. The molecule has 2 atom stereocenters. The fraction of sp³-hybridized carbons (Fsp3) is 0.429. The summed E-state index contributed by atoms with van der Waals surface area (Å²) in [6.07, 6.45) is 5.52. The predicted octanol–water partition coefficient (Wildman–Crippen LogP) is 3.46. The molecule has 1 rings (SSSR count). The van der Waals surface area contributed by atoms with Crippen molar-refractivity contribution in [2.45, 2.75) is 26.4 Å². The maximum Gasteiger partial charge on any atom is 0.0671 e. The molecule has 0 bridgehead atoms. The predicted molar refractivity (Wildman–Crippen MR) is 64.9 cm³/mol. The van der Waals surface area contributed by atoms with Gasteiger partial charge in [0.15, 0.2) is 0 Å². The third-order valence-electron chi connectivity index (χ3n) is 2.66. The Morgan fingerprint density at radius 3 is 2.47 bits per heavy atom. The molecule has 0 heterocycles. The topological polar surface area (TPSA) is 9.23 Å². The van der Waals surface area contributed by atoms with Crippen molar-refractivity contribution in [3.8, 4) is 0 Å². The molecule has 0 saturated carbocycles. The van der Waals surface area contributed by atoms with Gasteiger partial charge >= 0.3 is 0 Å². The molecule has 0 N–H and O–H groups in total. The molecule has 82 valence electrons. The van der Waals surface area contributed by atoms with E-state index in [1.165, 1.54) is 5.56 Å². The third-order valence-corrected chi connectivity index (χ3v) is 2.66. The van der Waals surface area contributed by atoms with Gasteiger partial charge in [-0.25, -0.2) is 0 Å². The van der Waals surface area contributed by atoms with Crippen LogP contribution in [0, 0.1) is 5.92 Å². The van der Waals surface area contributed by atoms with Gasteiger partial charge in [-0.05, 0) is 18.9 Å². The summed E-state index contributed by atoms with van der Waals surface area (Å²) >= 11 is 0. The molecule has 0 unspecified atom stereocenters. The normalized spacial score (nSPS) is 15.4. The zero-order valence-corrected chi connectivity index (χ0v) is 9.81. The summed E-state index contributed by atoms with van der Waals surface area (Å²) in [6, 6.07) is 10.5. The number of allylic oxidation sites excluding steroid dienone is 1. The van der Waals surface area contributed by atoms with Crippen molar-refractivity contribution in [2.24, 2.45) is 5.92 Å².